The molecular formula is C23H19ClFNO5. The highest BCUT2D eigenvalue weighted by molar-refractivity contribution is 6.30. The zero-order chi connectivity index (χ0) is 22.1. The lowest BCUT2D eigenvalue weighted by molar-refractivity contribution is -0.145. The topological polar surface area (TPSA) is 66.4 Å². The predicted molar refractivity (Wildman–Crippen MR) is 114 cm³/mol. The van der Waals surface area contributed by atoms with Crippen LogP contribution in [-0.4, -0.2) is 25.9 Å². The summed E-state index contributed by atoms with van der Waals surface area (Å²) >= 11 is 5.79. The van der Waals surface area contributed by atoms with E-state index in [2.05, 4.69) is 5.16 Å². The van der Waals surface area contributed by atoms with Crippen molar-refractivity contribution in [2.24, 2.45) is 5.16 Å². The van der Waals surface area contributed by atoms with Crippen LogP contribution in [0.25, 0.3) is 0 Å². The molecule has 0 N–H and O–H groups in total. The van der Waals surface area contributed by atoms with Gasteiger partial charge in [0, 0.05) is 10.6 Å². The summed E-state index contributed by atoms with van der Waals surface area (Å²) in [6, 6.07) is 17.6. The van der Waals surface area contributed by atoms with Gasteiger partial charge in [-0.2, -0.15) is 0 Å². The summed E-state index contributed by atoms with van der Waals surface area (Å²) in [5.74, 6) is 0.645. The van der Waals surface area contributed by atoms with Gasteiger partial charge in [0.25, 0.3) is 0 Å². The number of halogens is 2. The molecule has 0 heterocycles. The molecule has 3 aromatic carbocycles. The second-order valence-electron chi connectivity index (χ2n) is 6.25. The van der Waals surface area contributed by atoms with Gasteiger partial charge < -0.3 is 19.0 Å². The molecule has 8 heteroatoms. The third-order valence-electron chi connectivity index (χ3n) is 4.04. The van der Waals surface area contributed by atoms with Crippen molar-refractivity contribution in [3.8, 4) is 17.2 Å². The highest BCUT2D eigenvalue weighted by Gasteiger charge is 2.07. The van der Waals surface area contributed by atoms with Crippen LogP contribution in [0.15, 0.2) is 71.9 Å². The molecule has 31 heavy (non-hydrogen) atoms. The minimum Gasteiger partial charge on any atom is -0.496 e. The number of nitrogens with zero attached hydrogens (tertiary/aromatic N) is 1. The first-order valence-corrected chi connectivity index (χ1v) is 9.58. The Bertz CT molecular complexity index is 1040. The van der Waals surface area contributed by atoms with Gasteiger partial charge in [0.1, 0.15) is 29.7 Å². The van der Waals surface area contributed by atoms with E-state index in [1.807, 2.05) is 0 Å². The van der Waals surface area contributed by atoms with Gasteiger partial charge in [0.2, 0.25) is 0 Å². The van der Waals surface area contributed by atoms with Gasteiger partial charge in [-0.05, 0) is 72.3 Å². The Morgan fingerprint density at radius 1 is 1.00 bits per heavy atom. The molecule has 3 rings (SSSR count). The normalized spacial score (nSPS) is 10.7. The van der Waals surface area contributed by atoms with Crippen molar-refractivity contribution in [3.63, 3.8) is 0 Å². The van der Waals surface area contributed by atoms with Crippen LogP contribution in [0.3, 0.4) is 0 Å². The van der Waals surface area contributed by atoms with E-state index in [4.69, 9.17) is 30.6 Å². The summed E-state index contributed by atoms with van der Waals surface area (Å²) in [6.45, 7) is -0.0937. The van der Waals surface area contributed by atoms with Crippen molar-refractivity contribution in [1.29, 1.82) is 0 Å². The summed E-state index contributed by atoms with van der Waals surface area (Å²) in [6.07, 6.45) is 1.39. The molecule has 0 bridgehead atoms. The molecular weight excluding hydrogens is 425 g/mol. The lowest BCUT2D eigenvalue weighted by Crippen LogP contribution is -2.12. The molecule has 0 unspecified atom stereocenters. The molecule has 0 fully saturated rings. The smallest absolute Gasteiger partial charge is 0.372 e. The first-order valence-electron chi connectivity index (χ1n) is 9.20. The highest BCUT2D eigenvalue weighted by Crippen LogP contribution is 2.22. The number of ether oxygens (including phenoxy) is 3. The van der Waals surface area contributed by atoms with Crippen LogP contribution >= 0.6 is 11.6 Å². The number of methoxy groups -OCH3 is 1. The van der Waals surface area contributed by atoms with Crippen LogP contribution in [0.1, 0.15) is 11.1 Å². The molecule has 0 saturated heterocycles. The number of oxime groups is 1. The third kappa shape index (κ3) is 7.01. The number of hydrogen-bond acceptors (Lipinski definition) is 6. The number of rotatable bonds is 9. The first-order chi connectivity index (χ1) is 15.0. The highest BCUT2D eigenvalue weighted by atomic mass is 35.5. The Hall–Kier alpha value is -3.58. The van der Waals surface area contributed by atoms with Gasteiger partial charge in [-0.15, -0.1) is 0 Å². The summed E-state index contributed by atoms with van der Waals surface area (Å²) in [5.41, 5.74) is 1.41. The van der Waals surface area contributed by atoms with Gasteiger partial charge in [-0.3, -0.25) is 0 Å². The minimum absolute atomic E-state index is 0.200. The first kappa shape index (κ1) is 22.1. The Labute approximate surface area is 183 Å². The van der Waals surface area contributed by atoms with Gasteiger partial charge in [-0.25, -0.2) is 9.18 Å². The van der Waals surface area contributed by atoms with Gasteiger partial charge in [0.15, 0.2) is 6.61 Å². The van der Waals surface area contributed by atoms with Crippen molar-refractivity contribution < 1.29 is 28.2 Å². The fraction of sp³-hybridized carbons (Fsp3) is 0.130. The Kier molecular flexibility index (Phi) is 7.84. The molecule has 6 nitrogen and oxygen atoms in total. The van der Waals surface area contributed by atoms with Crippen LogP contribution in [-0.2, 0) is 16.2 Å². The molecule has 3 aromatic rings. The standard InChI is InChI=1S/C23H19ClFNO5/c1-28-22-11-2-16(12-17(22)14-29-21-9-5-19(25)6-10-21)13-26-31-23(27)15-30-20-7-3-18(24)4-8-20/h2-13H,14-15H2,1H3/b26-13-. The van der Waals surface area contributed by atoms with E-state index in [1.54, 1.807) is 61.7 Å². The van der Waals surface area contributed by atoms with Crippen molar-refractivity contribution >= 4 is 23.8 Å². The molecule has 0 aliphatic heterocycles. The fourth-order valence-electron chi connectivity index (χ4n) is 2.53. The van der Waals surface area contributed by atoms with Crippen LogP contribution in [0.4, 0.5) is 4.39 Å². The predicted octanol–water partition coefficient (Wildman–Crippen LogP) is 5.02. The summed E-state index contributed by atoms with van der Waals surface area (Å²) in [7, 11) is 1.55. The Balaban J connectivity index is 1.54. The maximum Gasteiger partial charge on any atom is 0.372 e. The average Bonchev–Trinajstić information content (AvgIpc) is 2.78. The van der Waals surface area contributed by atoms with Crippen molar-refractivity contribution in [2.45, 2.75) is 6.61 Å². The number of hydrogen-bond donors (Lipinski definition) is 0. The summed E-state index contributed by atoms with van der Waals surface area (Å²) < 4.78 is 29.3. The number of benzene rings is 3. The van der Waals surface area contributed by atoms with Crippen LogP contribution in [0.5, 0.6) is 17.2 Å². The van der Waals surface area contributed by atoms with Gasteiger partial charge in [-0.1, -0.05) is 16.8 Å². The molecule has 0 aliphatic rings. The van der Waals surface area contributed by atoms with Gasteiger partial charge in [0.05, 0.1) is 13.3 Å². The van der Waals surface area contributed by atoms with Crippen LogP contribution in [0.2, 0.25) is 5.02 Å². The minimum atomic E-state index is -0.653. The van der Waals surface area contributed by atoms with E-state index in [0.717, 1.165) is 5.56 Å². The molecule has 0 radical (unpaired) electrons. The van der Waals surface area contributed by atoms with Crippen LogP contribution < -0.4 is 14.2 Å². The second-order valence-corrected chi connectivity index (χ2v) is 6.69. The van der Waals surface area contributed by atoms with E-state index in [9.17, 15) is 9.18 Å². The molecule has 0 amide bonds. The van der Waals surface area contributed by atoms with E-state index >= 15 is 0 Å². The van der Waals surface area contributed by atoms with E-state index in [-0.39, 0.29) is 19.0 Å². The average molecular weight is 444 g/mol. The zero-order valence-corrected chi connectivity index (χ0v) is 17.3. The second kappa shape index (κ2) is 11.0. The molecule has 0 saturated carbocycles. The molecule has 0 spiro atoms. The largest absolute Gasteiger partial charge is 0.496 e. The molecule has 0 aromatic heterocycles. The third-order valence-corrected chi connectivity index (χ3v) is 4.29. The lowest BCUT2D eigenvalue weighted by Gasteiger charge is -2.11. The van der Waals surface area contributed by atoms with Crippen molar-refractivity contribution in [2.75, 3.05) is 13.7 Å². The van der Waals surface area contributed by atoms with E-state index in [1.165, 1.54) is 18.3 Å². The molecule has 0 aliphatic carbocycles. The quantitative estimate of drug-likeness (QED) is 0.264. The van der Waals surface area contributed by atoms with Crippen LogP contribution in [0, 0.1) is 5.82 Å². The number of carbonyl (C=O) groups excluding carboxylic acids is 1. The summed E-state index contributed by atoms with van der Waals surface area (Å²) in [5, 5.41) is 4.26. The maximum atomic E-state index is 13.0. The fourth-order valence-corrected chi connectivity index (χ4v) is 2.65. The van der Waals surface area contributed by atoms with E-state index in [0.29, 0.717) is 27.8 Å². The van der Waals surface area contributed by atoms with Gasteiger partial charge >= 0.3 is 5.97 Å². The SMILES string of the molecule is COc1ccc(/C=N\OC(=O)COc2ccc(Cl)cc2)cc1COc1ccc(F)cc1. The monoisotopic (exact) mass is 443 g/mol. The Morgan fingerprint density at radius 3 is 2.39 bits per heavy atom. The molecule has 160 valence electrons. The van der Waals surface area contributed by atoms with Crippen molar-refractivity contribution in [1.82, 2.24) is 0 Å². The number of carbonyl (C=O) groups is 1. The maximum absolute atomic E-state index is 13.0. The zero-order valence-electron chi connectivity index (χ0n) is 16.6. The summed E-state index contributed by atoms with van der Waals surface area (Å²) in [4.78, 5) is 16.6. The lowest BCUT2D eigenvalue weighted by atomic mass is 10.1. The van der Waals surface area contributed by atoms with E-state index < -0.39 is 5.97 Å². The Morgan fingerprint density at radius 2 is 1.68 bits per heavy atom. The molecule has 0 atom stereocenters. The van der Waals surface area contributed by atoms with Crippen molar-refractivity contribution in [3.05, 3.63) is 88.7 Å².